The van der Waals surface area contributed by atoms with Gasteiger partial charge in [-0.1, -0.05) is 41.5 Å². The molecule has 0 atom stereocenters. The van der Waals surface area contributed by atoms with Crippen LogP contribution in [0.4, 0.5) is 0 Å². The quantitative estimate of drug-likeness (QED) is 0.781. The number of hydrogen-bond acceptors (Lipinski definition) is 2. The molecule has 0 radical (unpaired) electrons. The lowest BCUT2D eigenvalue weighted by Gasteiger charge is -2.07. The van der Waals surface area contributed by atoms with E-state index in [1.807, 2.05) is 50.2 Å². The number of carbonyl (C=O) groups excluding carboxylic acids is 1. The summed E-state index contributed by atoms with van der Waals surface area (Å²) in [6.45, 7) is 4.33. The van der Waals surface area contributed by atoms with E-state index in [2.05, 4.69) is 10.3 Å². The largest absolute Gasteiger partial charge is 0.360 e. The standard InChI is InChI=1S/C19H18N2O2/c1-12-3-6-14(7-4-12)10-21-19(23)16-11-20-17-8-5-13(2)9-15(17)18(16)22/h3-9,11H,10H2,1-2H3,(H,20,22)(H,21,23). The van der Waals surface area contributed by atoms with Crippen molar-refractivity contribution in [2.24, 2.45) is 0 Å². The van der Waals surface area contributed by atoms with Crippen molar-refractivity contribution in [3.63, 3.8) is 0 Å². The van der Waals surface area contributed by atoms with E-state index in [1.54, 1.807) is 6.07 Å². The molecule has 1 heterocycles. The highest BCUT2D eigenvalue weighted by atomic mass is 16.2. The van der Waals surface area contributed by atoms with Crippen LogP contribution in [0, 0.1) is 13.8 Å². The number of amides is 1. The molecule has 2 N–H and O–H groups in total. The van der Waals surface area contributed by atoms with Crippen LogP contribution in [0.3, 0.4) is 0 Å². The Kier molecular flexibility index (Phi) is 3.98. The highest BCUT2D eigenvalue weighted by Crippen LogP contribution is 2.10. The number of benzene rings is 2. The van der Waals surface area contributed by atoms with Crippen molar-refractivity contribution in [2.45, 2.75) is 20.4 Å². The van der Waals surface area contributed by atoms with Crippen LogP contribution in [0.1, 0.15) is 27.0 Å². The van der Waals surface area contributed by atoms with Gasteiger partial charge in [0, 0.05) is 23.6 Å². The number of pyridine rings is 1. The third kappa shape index (κ3) is 3.16. The van der Waals surface area contributed by atoms with Gasteiger partial charge >= 0.3 is 0 Å². The summed E-state index contributed by atoms with van der Waals surface area (Å²) in [4.78, 5) is 27.8. The minimum Gasteiger partial charge on any atom is -0.360 e. The van der Waals surface area contributed by atoms with Crippen molar-refractivity contribution in [1.82, 2.24) is 10.3 Å². The Morgan fingerprint density at radius 1 is 1.04 bits per heavy atom. The SMILES string of the molecule is Cc1ccc(CNC(=O)c2c[nH]c3ccc(C)cc3c2=O)cc1. The van der Waals surface area contributed by atoms with Crippen molar-refractivity contribution in [3.8, 4) is 0 Å². The summed E-state index contributed by atoms with van der Waals surface area (Å²) < 4.78 is 0. The summed E-state index contributed by atoms with van der Waals surface area (Å²) in [7, 11) is 0. The fourth-order valence-electron chi connectivity index (χ4n) is 2.48. The zero-order valence-electron chi connectivity index (χ0n) is 13.1. The van der Waals surface area contributed by atoms with Gasteiger partial charge < -0.3 is 10.3 Å². The molecule has 4 heteroatoms. The van der Waals surface area contributed by atoms with Crippen LogP contribution in [0.25, 0.3) is 10.9 Å². The number of H-pyrrole nitrogens is 1. The van der Waals surface area contributed by atoms with E-state index in [4.69, 9.17) is 0 Å². The van der Waals surface area contributed by atoms with Crippen molar-refractivity contribution in [1.29, 1.82) is 0 Å². The minimum atomic E-state index is -0.366. The van der Waals surface area contributed by atoms with Gasteiger partial charge in [-0.25, -0.2) is 0 Å². The summed E-state index contributed by atoms with van der Waals surface area (Å²) in [6, 6.07) is 13.5. The Hall–Kier alpha value is -2.88. The van der Waals surface area contributed by atoms with E-state index in [1.165, 1.54) is 11.8 Å². The van der Waals surface area contributed by atoms with Gasteiger partial charge in [-0.2, -0.15) is 0 Å². The Bertz CT molecular complexity index is 924. The second kappa shape index (κ2) is 6.08. The molecule has 23 heavy (non-hydrogen) atoms. The van der Waals surface area contributed by atoms with Crippen LogP contribution < -0.4 is 10.7 Å². The van der Waals surface area contributed by atoms with Crippen LogP contribution in [0.15, 0.2) is 53.5 Å². The summed E-state index contributed by atoms with van der Waals surface area (Å²) in [5.41, 5.74) is 3.77. The van der Waals surface area contributed by atoms with Gasteiger partial charge in [0.1, 0.15) is 5.56 Å². The molecule has 0 bridgehead atoms. The third-order valence-electron chi connectivity index (χ3n) is 3.85. The molecule has 116 valence electrons. The summed E-state index contributed by atoms with van der Waals surface area (Å²) in [6.07, 6.45) is 1.48. The van der Waals surface area contributed by atoms with Gasteiger partial charge in [0.05, 0.1) is 0 Å². The molecule has 0 aliphatic heterocycles. The van der Waals surface area contributed by atoms with Crippen LogP contribution in [0.5, 0.6) is 0 Å². The van der Waals surface area contributed by atoms with Gasteiger partial charge in [0.15, 0.2) is 0 Å². The number of nitrogens with one attached hydrogen (secondary N) is 2. The number of fused-ring (bicyclic) bond motifs is 1. The molecule has 0 spiro atoms. The Morgan fingerprint density at radius 2 is 1.74 bits per heavy atom. The molecule has 1 amide bonds. The third-order valence-corrected chi connectivity index (χ3v) is 3.85. The smallest absolute Gasteiger partial charge is 0.257 e. The lowest BCUT2D eigenvalue weighted by atomic mass is 10.1. The van der Waals surface area contributed by atoms with Gasteiger partial charge in [-0.05, 0) is 31.5 Å². The van der Waals surface area contributed by atoms with Crippen LogP contribution in [-0.2, 0) is 6.54 Å². The van der Waals surface area contributed by atoms with Gasteiger partial charge in [-0.15, -0.1) is 0 Å². The molecule has 4 nitrogen and oxygen atoms in total. The maximum absolute atomic E-state index is 12.5. The first-order valence-electron chi connectivity index (χ1n) is 7.50. The van der Waals surface area contributed by atoms with Gasteiger partial charge in [-0.3, -0.25) is 9.59 Å². The molecule has 0 aliphatic carbocycles. The molecule has 2 aromatic carbocycles. The average Bonchev–Trinajstić information content (AvgIpc) is 2.55. The Balaban J connectivity index is 1.84. The first-order valence-corrected chi connectivity index (χ1v) is 7.50. The van der Waals surface area contributed by atoms with E-state index >= 15 is 0 Å². The average molecular weight is 306 g/mol. The fourth-order valence-corrected chi connectivity index (χ4v) is 2.48. The lowest BCUT2D eigenvalue weighted by molar-refractivity contribution is 0.0949. The number of carbonyl (C=O) groups is 1. The van der Waals surface area contributed by atoms with Crippen LogP contribution >= 0.6 is 0 Å². The Morgan fingerprint density at radius 3 is 2.48 bits per heavy atom. The molecule has 0 aliphatic rings. The van der Waals surface area contributed by atoms with E-state index in [0.717, 1.165) is 16.6 Å². The molecule has 1 aromatic heterocycles. The first kappa shape index (κ1) is 15.0. The molecular formula is C19H18N2O2. The van der Waals surface area contributed by atoms with Crippen molar-refractivity contribution < 1.29 is 4.79 Å². The maximum Gasteiger partial charge on any atom is 0.257 e. The molecular weight excluding hydrogens is 288 g/mol. The van der Waals surface area contributed by atoms with Crippen molar-refractivity contribution >= 4 is 16.8 Å². The number of aromatic amines is 1. The maximum atomic E-state index is 12.5. The minimum absolute atomic E-state index is 0.134. The second-order valence-electron chi connectivity index (χ2n) is 5.75. The first-order chi connectivity index (χ1) is 11.0. The van der Waals surface area contributed by atoms with Crippen LogP contribution in [-0.4, -0.2) is 10.9 Å². The number of aromatic nitrogens is 1. The number of hydrogen-bond donors (Lipinski definition) is 2. The number of aryl methyl sites for hydroxylation is 2. The summed E-state index contributed by atoms with van der Waals surface area (Å²) in [5, 5.41) is 3.33. The lowest BCUT2D eigenvalue weighted by Crippen LogP contribution is -2.28. The molecule has 0 fully saturated rings. The summed E-state index contributed by atoms with van der Waals surface area (Å²) in [5.74, 6) is -0.366. The normalized spacial score (nSPS) is 10.7. The topological polar surface area (TPSA) is 62.0 Å². The highest BCUT2D eigenvalue weighted by molar-refractivity contribution is 5.97. The van der Waals surface area contributed by atoms with Crippen molar-refractivity contribution in [3.05, 3.63) is 81.1 Å². The van der Waals surface area contributed by atoms with Crippen molar-refractivity contribution in [2.75, 3.05) is 0 Å². The molecule has 0 saturated heterocycles. The Labute approximate surface area is 134 Å². The van der Waals surface area contributed by atoms with E-state index in [-0.39, 0.29) is 16.9 Å². The summed E-state index contributed by atoms with van der Waals surface area (Å²) >= 11 is 0. The predicted octanol–water partition coefficient (Wildman–Crippen LogP) is 3.07. The molecule has 3 rings (SSSR count). The highest BCUT2D eigenvalue weighted by Gasteiger charge is 2.12. The van der Waals surface area contributed by atoms with Gasteiger partial charge in [0.25, 0.3) is 5.91 Å². The van der Waals surface area contributed by atoms with Crippen LogP contribution in [0.2, 0.25) is 0 Å². The van der Waals surface area contributed by atoms with E-state index in [0.29, 0.717) is 11.9 Å². The monoisotopic (exact) mass is 306 g/mol. The fraction of sp³-hybridized carbons (Fsp3) is 0.158. The predicted molar refractivity (Wildman–Crippen MR) is 91.7 cm³/mol. The molecule has 3 aromatic rings. The molecule has 0 saturated carbocycles. The zero-order chi connectivity index (χ0) is 16.4. The number of rotatable bonds is 3. The van der Waals surface area contributed by atoms with E-state index < -0.39 is 0 Å². The molecule has 0 unspecified atom stereocenters. The van der Waals surface area contributed by atoms with Gasteiger partial charge in [0.2, 0.25) is 5.43 Å². The van der Waals surface area contributed by atoms with E-state index in [9.17, 15) is 9.59 Å². The second-order valence-corrected chi connectivity index (χ2v) is 5.75. The zero-order valence-corrected chi connectivity index (χ0v) is 13.1.